The molecule has 0 aromatic rings. The Morgan fingerprint density at radius 1 is 1.18 bits per heavy atom. The first-order chi connectivity index (χ1) is 13.3. The molecule has 0 radical (unpaired) electrons. The average molecular weight is 398 g/mol. The number of fused-ring (bicyclic) bond motifs is 1. The van der Waals surface area contributed by atoms with Crippen LogP contribution in [0.2, 0.25) is 0 Å². The van der Waals surface area contributed by atoms with Crippen molar-refractivity contribution in [3.63, 3.8) is 0 Å². The molecule has 4 atom stereocenters. The van der Waals surface area contributed by atoms with Crippen molar-refractivity contribution in [3.8, 4) is 0 Å². The zero-order valence-electron chi connectivity index (χ0n) is 15.8. The zero-order chi connectivity index (χ0) is 20.7. The molecule has 11 nitrogen and oxygen atoms in total. The third kappa shape index (κ3) is 6.43. The number of aliphatic hydroxyl groups excluding tert-OH is 1. The first-order valence-corrected chi connectivity index (χ1v) is 9.57. The first kappa shape index (κ1) is 22.1. The van der Waals surface area contributed by atoms with E-state index in [0.717, 1.165) is 12.3 Å². The molecule has 1 saturated heterocycles. The molecule has 0 aromatic carbocycles. The standard InChI is InChI=1S/C17H30N6O5/c18-11(15(25)26)4-1-2-7-23-9-10(24)8-13-14(23)22-17(21-13)20-6-3-5-12(19)16(27)28/h10-13,24H,1-9,18-19H2,(H,20,21)(H,25,26)(H,27,28)/t10-,11?,12?,13-/m0/s1. The Labute approximate surface area is 163 Å². The number of rotatable bonds is 11. The summed E-state index contributed by atoms with van der Waals surface area (Å²) in [7, 11) is 0. The van der Waals surface area contributed by atoms with E-state index in [1.807, 2.05) is 4.90 Å². The van der Waals surface area contributed by atoms with Crippen LogP contribution in [-0.2, 0) is 9.59 Å². The summed E-state index contributed by atoms with van der Waals surface area (Å²) in [5.41, 5.74) is 11.0. The second kappa shape index (κ2) is 10.3. The van der Waals surface area contributed by atoms with Crippen LogP contribution in [0.25, 0.3) is 0 Å². The van der Waals surface area contributed by atoms with Gasteiger partial charge in [-0.25, -0.2) is 0 Å². The van der Waals surface area contributed by atoms with Gasteiger partial charge in [0.2, 0.25) is 5.96 Å². The van der Waals surface area contributed by atoms with Crippen LogP contribution < -0.4 is 16.8 Å². The molecule has 8 N–H and O–H groups in total. The van der Waals surface area contributed by atoms with E-state index in [0.29, 0.717) is 57.7 Å². The van der Waals surface area contributed by atoms with E-state index in [1.54, 1.807) is 0 Å². The number of piperidine rings is 1. The van der Waals surface area contributed by atoms with Gasteiger partial charge in [0.25, 0.3) is 0 Å². The summed E-state index contributed by atoms with van der Waals surface area (Å²) in [6.07, 6.45) is 2.79. The molecule has 2 aliphatic heterocycles. The Morgan fingerprint density at radius 2 is 1.82 bits per heavy atom. The van der Waals surface area contributed by atoms with Crippen molar-refractivity contribution in [1.29, 1.82) is 0 Å². The molecule has 28 heavy (non-hydrogen) atoms. The molecule has 2 heterocycles. The van der Waals surface area contributed by atoms with Gasteiger partial charge in [0, 0.05) is 26.1 Å². The number of aliphatic hydroxyl groups is 1. The fraction of sp³-hybridized carbons (Fsp3) is 0.765. The lowest BCUT2D eigenvalue weighted by atomic mass is 10.0. The quantitative estimate of drug-likeness (QED) is 0.226. The Hall–Kier alpha value is -2.24. The number of aliphatic carboxylic acids is 2. The molecule has 0 spiro atoms. The fourth-order valence-electron chi connectivity index (χ4n) is 3.29. The summed E-state index contributed by atoms with van der Waals surface area (Å²) in [5, 5.41) is 30.9. The Morgan fingerprint density at radius 3 is 2.46 bits per heavy atom. The zero-order valence-corrected chi connectivity index (χ0v) is 15.8. The molecule has 11 heteroatoms. The van der Waals surface area contributed by atoms with E-state index in [-0.39, 0.29) is 6.04 Å². The van der Waals surface area contributed by atoms with Crippen LogP contribution in [-0.4, -0.2) is 87.8 Å². The molecule has 0 aliphatic carbocycles. The molecule has 2 aliphatic rings. The highest BCUT2D eigenvalue weighted by molar-refractivity contribution is 6.06. The van der Waals surface area contributed by atoms with E-state index in [2.05, 4.69) is 15.3 Å². The predicted molar refractivity (Wildman–Crippen MR) is 103 cm³/mol. The first-order valence-electron chi connectivity index (χ1n) is 9.57. The number of guanidine groups is 1. The molecule has 0 bridgehead atoms. The van der Waals surface area contributed by atoms with E-state index in [9.17, 15) is 14.7 Å². The summed E-state index contributed by atoms with van der Waals surface area (Å²) < 4.78 is 0. The molecule has 0 saturated carbocycles. The average Bonchev–Trinajstić information content (AvgIpc) is 3.04. The van der Waals surface area contributed by atoms with Gasteiger partial charge in [-0.1, -0.05) is 0 Å². The van der Waals surface area contributed by atoms with E-state index in [1.165, 1.54) is 0 Å². The van der Waals surface area contributed by atoms with E-state index < -0.39 is 30.1 Å². The molecule has 2 unspecified atom stereocenters. The van der Waals surface area contributed by atoms with Gasteiger partial charge < -0.3 is 37.0 Å². The molecule has 1 fully saturated rings. The van der Waals surface area contributed by atoms with Crippen LogP contribution in [0.3, 0.4) is 0 Å². The number of hydrogen-bond donors (Lipinski definition) is 6. The largest absolute Gasteiger partial charge is 0.480 e. The minimum Gasteiger partial charge on any atom is -0.480 e. The SMILES string of the molecule is NC(CCCCN1C[C@@H](O)C[C@@H]2NC(=NCCCC(N)C(=O)O)N=C21)C(=O)O. The number of nitrogens with two attached hydrogens (primary N) is 2. The van der Waals surface area contributed by atoms with E-state index >= 15 is 0 Å². The number of carboxylic acids is 2. The van der Waals surface area contributed by atoms with Crippen LogP contribution in [0.1, 0.15) is 38.5 Å². The number of unbranched alkanes of at least 4 members (excludes halogenated alkanes) is 1. The summed E-state index contributed by atoms with van der Waals surface area (Å²) in [5.74, 6) is -0.709. The number of likely N-dealkylation sites (tertiary alicyclic amines) is 1. The number of carboxylic acid groups (broad SMARTS) is 2. The number of nitrogens with zero attached hydrogens (tertiary/aromatic N) is 3. The minimum absolute atomic E-state index is 0.106. The van der Waals surface area contributed by atoms with Gasteiger partial charge in [0.05, 0.1) is 12.1 Å². The number of aliphatic imine (C=N–C) groups is 2. The maximum atomic E-state index is 10.8. The number of carbonyl (C=O) groups is 2. The monoisotopic (exact) mass is 398 g/mol. The van der Waals surface area contributed by atoms with Crippen molar-refractivity contribution in [2.75, 3.05) is 19.6 Å². The number of nitrogens with one attached hydrogen (secondary N) is 1. The highest BCUT2D eigenvalue weighted by atomic mass is 16.4. The Kier molecular flexibility index (Phi) is 8.15. The molecule has 2 rings (SSSR count). The van der Waals surface area contributed by atoms with Crippen molar-refractivity contribution < 1.29 is 24.9 Å². The molecule has 0 aromatic heterocycles. The van der Waals surface area contributed by atoms with Gasteiger partial charge in [-0.2, -0.15) is 4.99 Å². The molecule has 0 amide bonds. The van der Waals surface area contributed by atoms with Crippen LogP contribution in [0.4, 0.5) is 0 Å². The minimum atomic E-state index is -1.02. The maximum absolute atomic E-state index is 10.8. The summed E-state index contributed by atoms with van der Waals surface area (Å²) in [6.45, 7) is 1.55. The third-order valence-corrected chi connectivity index (χ3v) is 4.86. The van der Waals surface area contributed by atoms with Gasteiger partial charge >= 0.3 is 11.9 Å². The van der Waals surface area contributed by atoms with Crippen molar-refractivity contribution in [1.82, 2.24) is 10.2 Å². The van der Waals surface area contributed by atoms with Crippen molar-refractivity contribution in [3.05, 3.63) is 0 Å². The van der Waals surface area contributed by atoms with Crippen molar-refractivity contribution in [2.24, 2.45) is 21.5 Å². The molecular formula is C17H30N6O5. The van der Waals surface area contributed by atoms with Crippen molar-refractivity contribution in [2.45, 2.75) is 62.8 Å². The predicted octanol–water partition coefficient (Wildman–Crippen LogP) is -1.45. The molecule has 158 valence electrons. The second-order valence-electron chi connectivity index (χ2n) is 7.24. The van der Waals surface area contributed by atoms with Gasteiger partial charge in [0.15, 0.2) is 0 Å². The van der Waals surface area contributed by atoms with Gasteiger partial charge in [-0.05, 0) is 32.1 Å². The van der Waals surface area contributed by atoms with Crippen LogP contribution >= 0.6 is 0 Å². The maximum Gasteiger partial charge on any atom is 0.320 e. The third-order valence-electron chi connectivity index (χ3n) is 4.86. The lowest BCUT2D eigenvalue weighted by Gasteiger charge is -2.35. The Balaban J connectivity index is 1.84. The summed E-state index contributed by atoms with van der Waals surface area (Å²) in [4.78, 5) is 32.3. The van der Waals surface area contributed by atoms with E-state index in [4.69, 9.17) is 21.7 Å². The summed E-state index contributed by atoms with van der Waals surface area (Å²) >= 11 is 0. The lowest BCUT2D eigenvalue weighted by Crippen LogP contribution is -2.52. The van der Waals surface area contributed by atoms with Crippen LogP contribution in [0.5, 0.6) is 0 Å². The number of β-amino-alcohol motifs (C(OH)–C–C–N with tert-alkyl or cyclic N) is 1. The summed E-state index contributed by atoms with van der Waals surface area (Å²) in [6, 6.07) is -1.84. The fourth-order valence-corrected chi connectivity index (χ4v) is 3.29. The number of amidine groups is 1. The van der Waals surface area contributed by atoms with Gasteiger partial charge in [-0.3, -0.25) is 14.6 Å². The van der Waals surface area contributed by atoms with Crippen LogP contribution in [0.15, 0.2) is 9.98 Å². The highest BCUT2D eigenvalue weighted by Gasteiger charge is 2.35. The molecular weight excluding hydrogens is 368 g/mol. The van der Waals surface area contributed by atoms with Gasteiger partial charge in [0.1, 0.15) is 17.9 Å². The Bertz CT molecular complexity index is 625. The second-order valence-corrected chi connectivity index (χ2v) is 7.24. The smallest absolute Gasteiger partial charge is 0.320 e. The van der Waals surface area contributed by atoms with Crippen molar-refractivity contribution >= 4 is 23.7 Å². The van der Waals surface area contributed by atoms with Crippen LogP contribution in [0, 0.1) is 0 Å². The number of hydrogen-bond acceptors (Lipinski definition) is 7. The topological polar surface area (TPSA) is 187 Å². The normalized spacial score (nSPS) is 25.0. The lowest BCUT2D eigenvalue weighted by molar-refractivity contribution is -0.139. The van der Waals surface area contributed by atoms with Gasteiger partial charge in [-0.15, -0.1) is 0 Å². The highest BCUT2D eigenvalue weighted by Crippen LogP contribution is 2.19.